The third-order valence-electron chi connectivity index (χ3n) is 2.68. The van der Waals surface area contributed by atoms with Gasteiger partial charge in [-0.05, 0) is 51.4 Å². The first-order chi connectivity index (χ1) is 8.81. The highest BCUT2D eigenvalue weighted by atomic mass is 19.2. The van der Waals surface area contributed by atoms with Crippen molar-refractivity contribution >= 4 is 0 Å². The number of hydrogen-bond donors (Lipinski definition) is 1. The number of ether oxygens (including phenoxy) is 1. The summed E-state index contributed by atoms with van der Waals surface area (Å²) < 4.78 is 31.8. The standard InChI is InChI=1S/C15H23F2NO/c1-5-18-12(10-19-15(2,3)4)8-11-6-7-13(16)14(17)9-11/h6-7,9,12,18H,5,8,10H2,1-4H3. The molecule has 1 rings (SSSR count). The monoisotopic (exact) mass is 271 g/mol. The Kier molecular flexibility index (Phi) is 5.88. The average Bonchev–Trinajstić information content (AvgIpc) is 2.30. The molecule has 1 aromatic carbocycles. The molecule has 0 radical (unpaired) electrons. The van der Waals surface area contributed by atoms with E-state index in [1.165, 1.54) is 6.07 Å². The first kappa shape index (κ1) is 16.1. The minimum absolute atomic E-state index is 0.0917. The van der Waals surface area contributed by atoms with E-state index in [4.69, 9.17) is 4.74 Å². The van der Waals surface area contributed by atoms with Gasteiger partial charge in [-0.3, -0.25) is 0 Å². The van der Waals surface area contributed by atoms with Crippen LogP contribution in [0.5, 0.6) is 0 Å². The van der Waals surface area contributed by atoms with Gasteiger partial charge in [0.1, 0.15) is 0 Å². The maximum atomic E-state index is 13.2. The van der Waals surface area contributed by atoms with Gasteiger partial charge < -0.3 is 10.1 Å². The summed E-state index contributed by atoms with van der Waals surface area (Å²) in [6.45, 7) is 9.34. The van der Waals surface area contributed by atoms with E-state index in [1.54, 1.807) is 6.07 Å². The molecule has 0 aliphatic carbocycles. The molecule has 0 aliphatic heterocycles. The maximum absolute atomic E-state index is 13.2. The summed E-state index contributed by atoms with van der Waals surface area (Å²) in [4.78, 5) is 0. The van der Waals surface area contributed by atoms with Crippen molar-refractivity contribution in [1.82, 2.24) is 5.32 Å². The molecule has 108 valence electrons. The van der Waals surface area contributed by atoms with Crippen LogP contribution in [-0.2, 0) is 11.2 Å². The molecule has 1 aromatic rings. The van der Waals surface area contributed by atoms with Gasteiger partial charge in [0.15, 0.2) is 11.6 Å². The van der Waals surface area contributed by atoms with E-state index >= 15 is 0 Å². The summed E-state index contributed by atoms with van der Waals surface area (Å²) in [5.41, 5.74) is 0.559. The van der Waals surface area contributed by atoms with Gasteiger partial charge in [-0.15, -0.1) is 0 Å². The molecule has 4 heteroatoms. The van der Waals surface area contributed by atoms with E-state index in [9.17, 15) is 8.78 Å². The van der Waals surface area contributed by atoms with Crippen LogP contribution in [0.3, 0.4) is 0 Å². The lowest BCUT2D eigenvalue weighted by molar-refractivity contribution is -0.0141. The normalized spacial score (nSPS) is 13.6. The molecule has 0 heterocycles. The summed E-state index contributed by atoms with van der Waals surface area (Å²) in [6, 6.07) is 4.11. The van der Waals surface area contributed by atoms with Gasteiger partial charge in [-0.25, -0.2) is 8.78 Å². The Hall–Kier alpha value is -1.00. The quantitative estimate of drug-likeness (QED) is 0.857. The molecule has 19 heavy (non-hydrogen) atoms. The first-order valence-electron chi connectivity index (χ1n) is 6.63. The molecular weight excluding hydrogens is 248 g/mol. The third-order valence-corrected chi connectivity index (χ3v) is 2.68. The number of likely N-dealkylation sites (N-methyl/N-ethyl adjacent to an activating group) is 1. The van der Waals surface area contributed by atoms with Crippen molar-refractivity contribution in [2.45, 2.75) is 45.8 Å². The fraction of sp³-hybridized carbons (Fsp3) is 0.600. The van der Waals surface area contributed by atoms with Crippen LogP contribution in [0.25, 0.3) is 0 Å². The topological polar surface area (TPSA) is 21.3 Å². The molecule has 0 aromatic heterocycles. The Morgan fingerprint density at radius 2 is 1.89 bits per heavy atom. The van der Waals surface area contributed by atoms with Crippen molar-refractivity contribution in [3.63, 3.8) is 0 Å². The van der Waals surface area contributed by atoms with Gasteiger partial charge >= 0.3 is 0 Å². The average molecular weight is 271 g/mol. The van der Waals surface area contributed by atoms with Crippen LogP contribution in [0.2, 0.25) is 0 Å². The van der Waals surface area contributed by atoms with E-state index in [2.05, 4.69) is 5.32 Å². The van der Waals surface area contributed by atoms with Crippen LogP contribution in [0.1, 0.15) is 33.3 Å². The van der Waals surface area contributed by atoms with Crippen molar-refractivity contribution in [3.8, 4) is 0 Å². The molecule has 1 N–H and O–H groups in total. The van der Waals surface area contributed by atoms with Crippen molar-refractivity contribution in [2.24, 2.45) is 0 Å². The minimum atomic E-state index is -0.810. The molecule has 0 fully saturated rings. The second kappa shape index (κ2) is 6.96. The number of nitrogens with one attached hydrogen (secondary N) is 1. The molecule has 0 saturated heterocycles. The number of halogens is 2. The van der Waals surface area contributed by atoms with Crippen molar-refractivity contribution in [1.29, 1.82) is 0 Å². The van der Waals surface area contributed by atoms with Gasteiger partial charge in [0, 0.05) is 6.04 Å². The van der Waals surface area contributed by atoms with Gasteiger partial charge in [-0.1, -0.05) is 13.0 Å². The molecule has 0 bridgehead atoms. The SMILES string of the molecule is CCNC(COC(C)(C)C)Cc1ccc(F)c(F)c1. The van der Waals surface area contributed by atoms with Crippen molar-refractivity contribution in [2.75, 3.05) is 13.2 Å². The lowest BCUT2D eigenvalue weighted by Crippen LogP contribution is -2.38. The van der Waals surface area contributed by atoms with Crippen molar-refractivity contribution in [3.05, 3.63) is 35.4 Å². The molecule has 1 unspecified atom stereocenters. The fourth-order valence-electron chi connectivity index (χ4n) is 1.78. The molecule has 1 atom stereocenters. The Labute approximate surface area is 114 Å². The van der Waals surface area contributed by atoms with E-state index in [1.807, 2.05) is 27.7 Å². The highest BCUT2D eigenvalue weighted by Gasteiger charge is 2.16. The molecule has 2 nitrogen and oxygen atoms in total. The molecule has 0 spiro atoms. The molecule has 0 aliphatic rings. The zero-order chi connectivity index (χ0) is 14.5. The predicted molar refractivity (Wildman–Crippen MR) is 73.2 cm³/mol. The lowest BCUT2D eigenvalue weighted by atomic mass is 10.1. The molecular formula is C15H23F2NO. The van der Waals surface area contributed by atoms with Crippen LogP contribution in [-0.4, -0.2) is 24.8 Å². The van der Waals surface area contributed by atoms with Gasteiger partial charge in [-0.2, -0.15) is 0 Å². The first-order valence-corrected chi connectivity index (χ1v) is 6.63. The number of rotatable bonds is 6. The van der Waals surface area contributed by atoms with Crippen LogP contribution >= 0.6 is 0 Å². The summed E-state index contributed by atoms with van der Waals surface area (Å²) in [7, 11) is 0. The van der Waals surface area contributed by atoms with Crippen LogP contribution in [0.15, 0.2) is 18.2 Å². The van der Waals surface area contributed by atoms with Crippen LogP contribution in [0, 0.1) is 11.6 Å². The Balaban J connectivity index is 2.64. The van der Waals surface area contributed by atoms with Gasteiger partial charge in [0.2, 0.25) is 0 Å². The molecule has 0 saturated carbocycles. The maximum Gasteiger partial charge on any atom is 0.159 e. The third kappa shape index (κ3) is 6.12. The van der Waals surface area contributed by atoms with Gasteiger partial charge in [0.25, 0.3) is 0 Å². The lowest BCUT2D eigenvalue weighted by Gasteiger charge is -2.25. The van der Waals surface area contributed by atoms with E-state index in [0.717, 1.165) is 18.2 Å². The van der Waals surface area contributed by atoms with Crippen LogP contribution in [0.4, 0.5) is 8.78 Å². The fourth-order valence-corrected chi connectivity index (χ4v) is 1.78. The zero-order valence-electron chi connectivity index (χ0n) is 12.1. The largest absolute Gasteiger partial charge is 0.374 e. The van der Waals surface area contributed by atoms with Gasteiger partial charge in [0.05, 0.1) is 12.2 Å². The van der Waals surface area contributed by atoms with E-state index in [0.29, 0.717) is 13.0 Å². The summed E-state index contributed by atoms with van der Waals surface area (Å²) in [5, 5.41) is 3.30. The summed E-state index contributed by atoms with van der Waals surface area (Å²) in [6.07, 6.45) is 0.612. The minimum Gasteiger partial charge on any atom is -0.374 e. The highest BCUT2D eigenvalue weighted by Crippen LogP contribution is 2.13. The highest BCUT2D eigenvalue weighted by molar-refractivity contribution is 5.18. The van der Waals surface area contributed by atoms with Crippen LogP contribution < -0.4 is 5.32 Å². The summed E-state index contributed by atoms with van der Waals surface area (Å²) >= 11 is 0. The number of benzene rings is 1. The van der Waals surface area contributed by atoms with Crippen molar-refractivity contribution < 1.29 is 13.5 Å². The Morgan fingerprint density at radius 1 is 1.21 bits per heavy atom. The number of hydrogen-bond acceptors (Lipinski definition) is 2. The smallest absolute Gasteiger partial charge is 0.159 e. The Bertz CT molecular complexity index is 402. The Morgan fingerprint density at radius 3 is 2.42 bits per heavy atom. The second-order valence-corrected chi connectivity index (χ2v) is 5.63. The predicted octanol–water partition coefficient (Wildman–Crippen LogP) is 3.30. The second-order valence-electron chi connectivity index (χ2n) is 5.63. The zero-order valence-corrected chi connectivity index (χ0v) is 12.1. The van der Waals surface area contributed by atoms with E-state index < -0.39 is 11.6 Å². The summed E-state index contributed by atoms with van der Waals surface area (Å²) in [5.74, 6) is -1.61. The van der Waals surface area contributed by atoms with E-state index in [-0.39, 0.29) is 11.6 Å². The molecule has 0 amide bonds.